The van der Waals surface area contributed by atoms with Gasteiger partial charge in [0.2, 0.25) is 0 Å². The minimum atomic E-state index is -0.124. The molecule has 2 nitrogen and oxygen atoms in total. The number of carbonyl (C=O) groups excluding carboxylic acids is 1. The molecule has 0 spiro atoms. The molecule has 0 aliphatic carbocycles. The molecule has 1 unspecified atom stereocenters. The summed E-state index contributed by atoms with van der Waals surface area (Å²) in [6.07, 6.45) is 12.3. The maximum absolute atomic E-state index is 11.5. The topological polar surface area (TPSA) is 26.3 Å². The Bertz CT molecular complexity index is 281. The summed E-state index contributed by atoms with van der Waals surface area (Å²) in [4.78, 5) is 11.5. The van der Waals surface area contributed by atoms with Gasteiger partial charge in [-0.1, -0.05) is 58.4 Å². The third-order valence-electron chi connectivity index (χ3n) is 3.77. The lowest BCUT2D eigenvalue weighted by atomic mass is 9.94. The fourth-order valence-corrected chi connectivity index (χ4v) is 2.53. The number of cyclic esters (lactones) is 1. The van der Waals surface area contributed by atoms with E-state index in [-0.39, 0.29) is 12.1 Å². The van der Waals surface area contributed by atoms with Crippen LogP contribution >= 0.6 is 0 Å². The second-order valence-electron chi connectivity index (χ2n) is 5.56. The van der Waals surface area contributed by atoms with Crippen LogP contribution < -0.4 is 0 Å². The van der Waals surface area contributed by atoms with Crippen LogP contribution in [0, 0.1) is 5.92 Å². The van der Waals surface area contributed by atoms with Gasteiger partial charge in [-0.25, -0.2) is 4.79 Å². The zero-order chi connectivity index (χ0) is 13.4. The lowest BCUT2D eigenvalue weighted by Gasteiger charge is -2.26. The van der Waals surface area contributed by atoms with Gasteiger partial charge in [-0.05, 0) is 19.8 Å². The van der Waals surface area contributed by atoms with Crippen molar-refractivity contribution in [3.63, 3.8) is 0 Å². The van der Waals surface area contributed by atoms with Gasteiger partial charge in [-0.2, -0.15) is 0 Å². The minimum absolute atomic E-state index is 0.108. The van der Waals surface area contributed by atoms with Gasteiger partial charge in [-0.15, -0.1) is 0 Å². The molecule has 1 heterocycles. The van der Waals surface area contributed by atoms with Crippen molar-refractivity contribution >= 4 is 5.97 Å². The molecule has 0 saturated carbocycles. The summed E-state index contributed by atoms with van der Waals surface area (Å²) in [5.41, 5.74) is 0.762. The van der Waals surface area contributed by atoms with Crippen molar-refractivity contribution < 1.29 is 9.53 Å². The lowest BCUT2D eigenvalue weighted by molar-refractivity contribution is -0.148. The molecule has 0 aromatic rings. The molecule has 18 heavy (non-hydrogen) atoms. The number of rotatable bonds is 8. The first-order valence-corrected chi connectivity index (χ1v) is 7.54. The highest BCUT2D eigenvalue weighted by atomic mass is 16.5. The molecule has 2 heteroatoms. The quantitative estimate of drug-likeness (QED) is 0.465. The van der Waals surface area contributed by atoms with Gasteiger partial charge in [0.05, 0.1) is 0 Å². The van der Waals surface area contributed by atoms with Gasteiger partial charge in [0, 0.05) is 11.5 Å². The van der Waals surface area contributed by atoms with Crippen LogP contribution in [0.2, 0.25) is 0 Å². The normalized spacial score (nSPS) is 23.7. The van der Waals surface area contributed by atoms with Crippen molar-refractivity contribution in [1.29, 1.82) is 0 Å². The molecule has 2 atom stereocenters. The number of hydrogen-bond acceptors (Lipinski definition) is 2. The van der Waals surface area contributed by atoms with E-state index in [0.717, 1.165) is 12.0 Å². The van der Waals surface area contributed by atoms with Gasteiger partial charge < -0.3 is 4.74 Å². The van der Waals surface area contributed by atoms with Crippen LogP contribution in [0.4, 0.5) is 0 Å². The smallest absolute Gasteiger partial charge is 0.333 e. The molecule has 0 fully saturated rings. The Kier molecular flexibility index (Phi) is 7.07. The van der Waals surface area contributed by atoms with Crippen LogP contribution in [0.15, 0.2) is 11.6 Å². The molecule has 0 aromatic carbocycles. The maximum atomic E-state index is 11.5. The monoisotopic (exact) mass is 252 g/mol. The van der Waals surface area contributed by atoms with E-state index < -0.39 is 0 Å². The Balaban J connectivity index is 2.11. The Morgan fingerprint density at radius 1 is 1.11 bits per heavy atom. The van der Waals surface area contributed by atoms with Crippen LogP contribution in [-0.4, -0.2) is 12.1 Å². The van der Waals surface area contributed by atoms with E-state index in [1.165, 1.54) is 44.9 Å². The molecule has 0 N–H and O–H groups in total. The highest BCUT2D eigenvalue weighted by molar-refractivity contribution is 5.88. The predicted molar refractivity (Wildman–Crippen MR) is 75.4 cm³/mol. The number of carbonyl (C=O) groups is 1. The summed E-state index contributed by atoms with van der Waals surface area (Å²) in [5, 5.41) is 0. The lowest BCUT2D eigenvalue weighted by Crippen LogP contribution is -2.29. The van der Waals surface area contributed by atoms with Crippen LogP contribution in [-0.2, 0) is 9.53 Å². The molecule has 1 aliphatic heterocycles. The SMILES string of the molecule is CCCCCCCCCC1OC(=O)C(C)=C[C@H]1C. The Hall–Kier alpha value is -0.790. The molecule has 104 valence electrons. The van der Waals surface area contributed by atoms with E-state index in [1.54, 1.807) is 0 Å². The zero-order valence-corrected chi connectivity index (χ0v) is 12.2. The fraction of sp³-hybridized carbons (Fsp3) is 0.812. The van der Waals surface area contributed by atoms with Gasteiger partial charge >= 0.3 is 5.97 Å². The number of ether oxygens (including phenoxy) is 1. The van der Waals surface area contributed by atoms with E-state index in [4.69, 9.17) is 4.74 Å². The average Bonchev–Trinajstić information content (AvgIpc) is 2.34. The molecule has 0 bridgehead atoms. The standard InChI is InChI=1S/C16H28O2/c1-4-5-6-7-8-9-10-11-15-13(2)12-14(3)16(17)18-15/h12-13,15H,4-11H2,1-3H3/t13-,15?/m1/s1. The second kappa shape index (κ2) is 8.34. The van der Waals surface area contributed by atoms with E-state index in [1.807, 2.05) is 6.92 Å². The van der Waals surface area contributed by atoms with E-state index in [9.17, 15) is 4.79 Å². The van der Waals surface area contributed by atoms with E-state index in [0.29, 0.717) is 5.92 Å². The summed E-state index contributed by atoms with van der Waals surface area (Å²) in [5.74, 6) is 0.254. The number of unbranched alkanes of at least 4 members (excludes halogenated alkanes) is 6. The molecular weight excluding hydrogens is 224 g/mol. The molecule has 1 rings (SSSR count). The van der Waals surface area contributed by atoms with Crippen molar-refractivity contribution in [3.8, 4) is 0 Å². The van der Waals surface area contributed by atoms with Crippen molar-refractivity contribution in [1.82, 2.24) is 0 Å². The maximum Gasteiger partial charge on any atom is 0.333 e. The third-order valence-corrected chi connectivity index (χ3v) is 3.77. The van der Waals surface area contributed by atoms with Crippen LogP contribution in [0.5, 0.6) is 0 Å². The summed E-state index contributed by atoms with van der Waals surface area (Å²) in [7, 11) is 0. The average molecular weight is 252 g/mol. The first-order chi connectivity index (χ1) is 8.65. The van der Waals surface area contributed by atoms with Crippen LogP contribution in [0.1, 0.15) is 72.1 Å². The number of esters is 1. The third kappa shape index (κ3) is 5.24. The van der Waals surface area contributed by atoms with Crippen LogP contribution in [0.3, 0.4) is 0 Å². The first-order valence-electron chi connectivity index (χ1n) is 7.54. The molecule has 0 radical (unpaired) electrons. The Morgan fingerprint density at radius 2 is 1.72 bits per heavy atom. The van der Waals surface area contributed by atoms with Crippen molar-refractivity contribution in [3.05, 3.63) is 11.6 Å². The molecule has 0 amide bonds. The van der Waals surface area contributed by atoms with Crippen molar-refractivity contribution in [2.45, 2.75) is 78.2 Å². The van der Waals surface area contributed by atoms with Crippen molar-refractivity contribution in [2.24, 2.45) is 5.92 Å². The fourth-order valence-electron chi connectivity index (χ4n) is 2.53. The highest BCUT2D eigenvalue weighted by Crippen LogP contribution is 2.24. The Labute approximate surface area is 112 Å². The first kappa shape index (κ1) is 15.3. The van der Waals surface area contributed by atoms with Gasteiger partial charge in [0.25, 0.3) is 0 Å². The highest BCUT2D eigenvalue weighted by Gasteiger charge is 2.25. The number of hydrogen-bond donors (Lipinski definition) is 0. The zero-order valence-electron chi connectivity index (χ0n) is 12.2. The largest absolute Gasteiger partial charge is 0.458 e. The van der Waals surface area contributed by atoms with E-state index in [2.05, 4.69) is 19.9 Å². The molecule has 0 aromatic heterocycles. The summed E-state index contributed by atoms with van der Waals surface area (Å²) >= 11 is 0. The minimum Gasteiger partial charge on any atom is -0.458 e. The van der Waals surface area contributed by atoms with Crippen molar-refractivity contribution in [2.75, 3.05) is 0 Å². The van der Waals surface area contributed by atoms with Gasteiger partial charge in [0.15, 0.2) is 0 Å². The summed E-state index contributed by atoms with van der Waals surface area (Å²) < 4.78 is 5.45. The second-order valence-corrected chi connectivity index (χ2v) is 5.56. The summed E-state index contributed by atoms with van der Waals surface area (Å²) in [6, 6.07) is 0. The molecule has 1 aliphatic rings. The molecule has 0 saturated heterocycles. The van der Waals surface area contributed by atoms with Crippen LogP contribution in [0.25, 0.3) is 0 Å². The Morgan fingerprint density at radius 3 is 2.39 bits per heavy atom. The van der Waals surface area contributed by atoms with Gasteiger partial charge in [-0.3, -0.25) is 0 Å². The molecular formula is C16H28O2. The summed E-state index contributed by atoms with van der Waals surface area (Å²) in [6.45, 7) is 6.22. The van der Waals surface area contributed by atoms with Gasteiger partial charge in [0.1, 0.15) is 6.10 Å². The predicted octanol–water partition coefficient (Wildman–Crippen LogP) is 4.63. The van der Waals surface area contributed by atoms with E-state index >= 15 is 0 Å².